The minimum atomic E-state index is -0.380. The third-order valence-corrected chi connectivity index (χ3v) is 5.34. The molecule has 28 heavy (non-hydrogen) atoms. The SMILES string of the molecule is Cc1cc(C(=O)Nc2sc(Cc3cc(F)cc(Cl)c3)nc2C)n(C(C)(C)C)n1. The quantitative estimate of drug-likeness (QED) is 0.619. The van der Waals surface area contributed by atoms with Gasteiger partial charge >= 0.3 is 0 Å². The van der Waals surface area contributed by atoms with Crippen molar-refractivity contribution in [3.63, 3.8) is 0 Å². The summed E-state index contributed by atoms with van der Waals surface area (Å²) in [6, 6.07) is 6.19. The average molecular weight is 421 g/mol. The first-order chi connectivity index (χ1) is 13.0. The van der Waals surface area contributed by atoms with Crippen molar-refractivity contribution < 1.29 is 9.18 Å². The molecule has 0 spiro atoms. The van der Waals surface area contributed by atoms with Crippen LogP contribution in [-0.2, 0) is 12.0 Å². The van der Waals surface area contributed by atoms with E-state index in [0.29, 0.717) is 22.1 Å². The maximum absolute atomic E-state index is 13.5. The smallest absolute Gasteiger partial charge is 0.274 e. The van der Waals surface area contributed by atoms with Crippen LogP contribution in [0.3, 0.4) is 0 Å². The van der Waals surface area contributed by atoms with Crippen molar-refractivity contribution in [1.82, 2.24) is 14.8 Å². The highest BCUT2D eigenvalue weighted by Gasteiger charge is 2.24. The lowest BCUT2D eigenvalue weighted by molar-refractivity contribution is 0.101. The molecule has 0 fully saturated rings. The number of aromatic nitrogens is 3. The molecule has 0 radical (unpaired) electrons. The minimum absolute atomic E-state index is 0.234. The predicted octanol–water partition coefficient (Wildman–Crippen LogP) is 5.35. The number of thiazole rings is 1. The molecule has 148 valence electrons. The van der Waals surface area contributed by atoms with E-state index in [1.807, 2.05) is 34.6 Å². The number of carbonyl (C=O) groups is 1. The summed E-state index contributed by atoms with van der Waals surface area (Å²) in [6.07, 6.45) is 0.442. The Hall–Kier alpha value is -2.25. The van der Waals surface area contributed by atoms with Crippen molar-refractivity contribution >= 4 is 33.8 Å². The van der Waals surface area contributed by atoms with Crippen LogP contribution in [0, 0.1) is 19.7 Å². The van der Waals surface area contributed by atoms with Gasteiger partial charge in [-0.25, -0.2) is 9.37 Å². The minimum Gasteiger partial charge on any atom is -0.311 e. The Morgan fingerprint density at radius 1 is 1.25 bits per heavy atom. The van der Waals surface area contributed by atoms with Crippen LogP contribution in [0.4, 0.5) is 9.39 Å². The van der Waals surface area contributed by atoms with Crippen LogP contribution >= 0.6 is 22.9 Å². The molecule has 5 nitrogen and oxygen atoms in total. The molecule has 1 N–H and O–H groups in total. The maximum atomic E-state index is 13.5. The van der Waals surface area contributed by atoms with E-state index in [-0.39, 0.29) is 17.3 Å². The first kappa shape index (κ1) is 20.5. The van der Waals surface area contributed by atoms with Gasteiger partial charge in [0.15, 0.2) is 0 Å². The fraction of sp³-hybridized carbons (Fsp3) is 0.350. The normalized spacial score (nSPS) is 11.7. The van der Waals surface area contributed by atoms with E-state index in [2.05, 4.69) is 15.4 Å². The number of rotatable bonds is 4. The molecule has 0 aliphatic heterocycles. The number of nitrogens with zero attached hydrogens (tertiary/aromatic N) is 3. The fourth-order valence-corrected chi connectivity index (χ4v) is 4.11. The monoisotopic (exact) mass is 420 g/mol. The van der Waals surface area contributed by atoms with Gasteiger partial charge in [0.25, 0.3) is 5.91 Å². The number of nitrogens with one attached hydrogen (secondary N) is 1. The first-order valence-corrected chi connectivity index (χ1v) is 10.0. The van der Waals surface area contributed by atoms with Gasteiger partial charge in [0.1, 0.15) is 16.5 Å². The maximum Gasteiger partial charge on any atom is 0.274 e. The largest absolute Gasteiger partial charge is 0.311 e. The molecular formula is C20H22ClFN4OS. The number of hydrogen-bond donors (Lipinski definition) is 1. The molecule has 0 atom stereocenters. The fourth-order valence-electron chi connectivity index (χ4n) is 2.87. The van der Waals surface area contributed by atoms with Crippen LogP contribution < -0.4 is 5.32 Å². The Balaban J connectivity index is 1.82. The van der Waals surface area contributed by atoms with E-state index in [1.54, 1.807) is 16.8 Å². The van der Waals surface area contributed by atoms with E-state index in [4.69, 9.17) is 11.6 Å². The van der Waals surface area contributed by atoms with Crippen LogP contribution in [0.15, 0.2) is 24.3 Å². The van der Waals surface area contributed by atoms with Crippen molar-refractivity contribution in [2.24, 2.45) is 0 Å². The lowest BCUT2D eigenvalue weighted by Crippen LogP contribution is -2.29. The summed E-state index contributed by atoms with van der Waals surface area (Å²) < 4.78 is 15.3. The van der Waals surface area contributed by atoms with Gasteiger partial charge in [-0.15, -0.1) is 11.3 Å². The molecule has 0 aliphatic carbocycles. The summed E-state index contributed by atoms with van der Waals surface area (Å²) in [7, 11) is 0. The highest BCUT2D eigenvalue weighted by atomic mass is 35.5. The Bertz CT molecular complexity index is 1020. The summed E-state index contributed by atoms with van der Waals surface area (Å²) >= 11 is 7.29. The molecule has 0 bridgehead atoms. The lowest BCUT2D eigenvalue weighted by Gasteiger charge is -2.21. The highest BCUT2D eigenvalue weighted by Crippen LogP contribution is 2.28. The van der Waals surface area contributed by atoms with E-state index in [1.165, 1.54) is 23.5 Å². The number of aryl methyl sites for hydroxylation is 2. The molecule has 0 saturated heterocycles. The van der Waals surface area contributed by atoms with Gasteiger partial charge in [0, 0.05) is 11.4 Å². The molecule has 2 aromatic heterocycles. The van der Waals surface area contributed by atoms with E-state index in [9.17, 15) is 9.18 Å². The molecule has 0 unspecified atom stereocenters. The average Bonchev–Trinajstić information content (AvgIpc) is 3.09. The van der Waals surface area contributed by atoms with Crippen molar-refractivity contribution in [3.8, 4) is 0 Å². The summed E-state index contributed by atoms with van der Waals surface area (Å²) in [5.74, 6) is -0.613. The van der Waals surface area contributed by atoms with Gasteiger partial charge < -0.3 is 5.32 Å². The van der Waals surface area contributed by atoms with Crippen LogP contribution in [-0.4, -0.2) is 20.7 Å². The van der Waals surface area contributed by atoms with Crippen molar-refractivity contribution in [2.75, 3.05) is 5.32 Å². The molecule has 8 heteroatoms. The van der Waals surface area contributed by atoms with Crippen molar-refractivity contribution in [1.29, 1.82) is 0 Å². The summed E-state index contributed by atoms with van der Waals surface area (Å²) in [4.78, 5) is 17.3. The van der Waals surface area contributed by atoms with Crippen LogP contribution in [0.25, 0.3) is 0 Å². The standard InChI is InChI=1S/C20H22ClFN4OS/c1-11-6-16(26(25-11)20(3,4)5)18(27)24-19-12(2)23-17(28-19)9-13-7-14(21)10-15(22)8-13/h6-8,10H,9H2,1-5H3,(H,24,27). The van der Waals surface area contributed by atoms with Crippen LogP contribution in [0.1, 0.15) is 53.2 Å². The van der Waals surface area contributed by atoms with Crippen LogP contribution in [0.5, 0.6) is 0 Å². The third kappa shape index (κ3) is 4.59. The Kier molecular flexibility index (Phi) is 5.59. The number of amides is 1. The number of benzene rings is 1. The third-order valence-electron chi connectivity index (χ3n) is 4.05. The summed E-state index contributed by atoms with van der Waals surface area (Å²) in [5, 5.41) is 9.17. The Morgan fingerprint density at radius 3 is 2.61 bits per heavy atom. The number of anilines is 1. The lowest BCUT2D eigenvalue weighted by atomic mass is 10.1. The number of hydrogen-bond acceptors (Lipinski definition) is 4. The van der Waals surface area contributed by atoms with Gasteiger partial charge in [-0.3, -0.25) is 9.48 Å². The van der Waals surface area contributed by atoms with Gasteiger partial charge in [-0.05, 0) is 64.4 Å². The van der Waals surface area contributed by atoms with Gasteiger partial charge in [-0.2, -0.15) is 5.10 Å². The Labute approximate surface area is 172 Å². The van der Waals surface area contributed by atoms with Crippen molar-refractivity contribution in [2.45, 2.75) is 46.6 Å². The molecule has 0 aliphatic rings. The predicted molar refractivity (Wildman–Crippen MR) is 111 cm³/mol. The topological polar surface area (TPSA) is 59.8 Å². The number of carbonyl (C=O) groups excluding carboxylic acids is 1. The highest BCUT2D eigenvalue weighted by molar-refractivity contribution is 7.16. The van der Waals surface area contributed by atoms with E-state index in [0.717, 1.165) is 22.0 Å². The second-order valence-electron chi connectivity index (χ2n) is 7.68. The zero-order valence-electron chi connectivity index (χ0n) is 16.4. The second kappa shape index (κ2) is 7.64. The molecular weight excluding hydrogens is 399 g/mol. The summed E-state index contributed by atoms with van der Waals surface area (Å²) in [5.41, 5.74) is 2.42. The van der Waals surface area contributed by atoms with Crippen molar-refractivity contribution in [3.05, 3.63) is 62.8 Å². The summed E-state index contributed by atoms with van der Waals surface area (Å²) in [6.45, 7) is 9.68. The number of halogens is 2. The Morgan fingerprint density at radius 2 is 1.96 bits per heavy atom. The van der Waals surface area contributed by atoms with E-state index < -0.39 is 0 Å². The molecule has 3 aromatic rings. The molecule has 1 amide bonds. The van der Waals surface area contributed by atoms with Gasteiger partial charge in [-0.1, -0.05) is 11.6 Å². The zero-order chi connectivity index (χ0) is 20.6. The zero-order valence-corrected chi connectivity index (χ0v) is 18.0. The second-order valence-corrected chi connectivity index (χ2v) is 9.20. The van der Waals surface area contributed by atoms with Gasteiger partial charge in [0.2, 0.25) is 0 Å². The van der Waals surface area contributed by atoms with Crippen LogP contribution in [0.2, 0.25) is 5.02 Å². The molecule has 2 heterocycles. The molecule has 1 aromatic carbocycles. The first-order valence-electron chi connectivity index (χ1n) is 8.82. The van der Waals surface area contributed by atoms with E-state index >= 15 is 0 Å². The molecule has 0 saturated carbocycles. The van der Waals surface area contributed by atoms with Gasteiger partial charge in [0.05, 0.1) is 21.9 Å². The molecule has 3 rings (SSSR count).